The molecule has 5 heteroatoms. The standard InChI is InChI=1S/C12H15FN2O2/c1-17-8-11(16)4-5-15-10-3-2-9(7-14)12(13)6-10/h2-3,6,11,15-16H,4-5,8H2,1H3. The minimum Gasteiger partial charge on any atom is -0.391 e. The third-order valence-corrected chi connectivity index (χ3v) is 2.26. The summed E-state index contributed by atoms with van der Waals surface area (Å²) in [7, 11) is 1.52. The summed E-state index contributed by atoms with van der Waals surface area (Å²) in [5.41, 5.74) is 0.612. The number of halogens is 1. The van der Waals surface area contributed by atoms with Gasteiger partial charge in [-0.15, -0.1) is 0 Å². The van der Waals surface area contributed by atoms with Crippen molar-refractivity contribution in [2.24, 2.45) is 0 Å². The number of anilines is 1. The number of methoxy groups -OCH3 is 1. The molecule has 2 N–H and O–H groups in total. The number of aliphatic hydroxyl groups is 1. The normalized spacial score (nSPS) is 11.9. The molecule has 0 aliphatic rings. The summed E-state index contributed by atoms with van der Waals surface area (Å²) in [5, 5.41) is 20.9. The molecule has 0 amide bonds. The molecule has 0 saturated heterocycles. The average molecular weight is 238 g/mol. The summed E-state index contributed by atoms with van der Waals surface area (Å²) in [6, 6.07) is 6.07. The van der Waals surface area contributed by atoms with Crippen LogP contribution in [0.15, 0.2) is 18.2 Å². The zero-order chi connectivity index (χ0) is 12.7. The Balaban J connectivity index is 2.43. The van der Waals surface area contributed by atoms with E-state index in [1.54, 1.807) is 12.1 Å². The molecule has 1 rings (SSSR count). The number of benzene rings is 1. The molecular weight excluding hydrogens is 223 g/mol. The van der Waals surface area contributed by atoms with Crippen LogP contribution in [0.5, 0.6) is 0 Å². The topological polar surface area (TPSA) is 65.3 Å². The average Bonchev–Trinajstić information content (AvgIpc) is 2.29. The Bertz CT molecular complexity index is 404. The first-order chi connectivity index (χ1) is 8.17. The van der Waals surface area contributed by atoms with Crippen molar-refractivity contribution in [2.45, 2.75) is 12.5 Å². The Morgan fingerprint density at radius 2 is 2.35 bits per heavy atom. The lowest BCUT2D eigenvalue weighted by molar-refractivity contribution is 0.0615. The van der Waals surface area contributed by atoms with Crippen LogP contribution in [0, 0.1) is 17.1 Å². The Kier molecular flexibility index (Phi) is 5.40. The van der Waals surface area contributed by atoms with E-state index in [-0.39, 0.29) is 12.2 Å². The van der Waals surface area contributed by atoms with Gasteiger partial charge in [-0.05, 0) is 24.6 Å². The van der Waals surface area contributed by atoms with E-state index in [2.05, 4.69) is 5.32 Å². The first kappa shape index (κ1) is 13.4. The predicted molar refractivity (Wildman–Crippen MR) is 62.1 cm³/mol. The van der Waals surface area contributed by atoms with Crippen molar-refractivity contribution in [1.82, 2.24) is 0 Å². The smallest absolute Gasteiger partial charge is 0.143 e. The molecule has 0 aromatic heterocycles. The highest BCUT2D eigenvalue weighted by Gasteiger charge is 2.04. The highest BCUT2D eigenvalue weighted by atomic mass is 19.1. The Morgan fingerprint density at radius 3 is 2.94 bits per heavy atom. The van der Waals surface area contributed by atoms with Gasteiger partial charge in [-0.2, -0.15) is 5.26 Å². The van der Waals surface area contributed by atoms with Crippen LogP contribution in [-0.4, -0.2) is 31.5 Å². The highest BCUT2D eigenvalue weighted by molar-refractivity contribution is 5.48. The van der Waals surface area contributed by atoms with E-state index >= 15 is 0 Å². The Morgan fingerprint density at radius 1 is 1.59 bits per heavy atom. The molecule has 4 nitrogen and oxygen atoms in total. The molecule has 0 aliphatic heterocycles. The second-order valence-electron chi connectivity index (χ2n) is 3.63. The zero-order valence-electron chi connectivity index (χ0n) is 9.61. The van der Waals surface area contributed by atoms with Crippen molar-refractivity contribution in [2.75, 3.05) is 25.6 Å². The fourth-order valence-corrected chi connectivity index (χ4v) is 1.37. The summed E-state index contributed by atoms with van der Waals surface area (Å²) in [6.45, 7) is 0.791. The van der Waals surface area contributed by atoms with E-state index < -0.39 is 11.9 Å². The molecule has 1 atom stereocenters. The third kappa shape index (κ3) is 4.39. The fourth-order valence-electron chi connectivity index (χ4n) is 1.37. The van der Waals surface area contributed by atoms with Gasteiger partial charge in [0.05, 0.1) is 18.3 Å². The number of hydrogen-bond acceptors (Lipinski definition) is 4. The summed E-state index contributed by atoms with van der Waals surface area (Å²) in [5.74, 6) is -0.546. The van der Waals surface area contributed by atoms with Crippen molar-refractivity contribution in [3.8, 4) is 6.07 Å². The van der Waals surface area contributed by atoms with Gasteiger partial charge in [0.25, 0.3) is 0 Å². The van der Waals surface area contributed by atoms with E-state index in [4.69, 9.17) is 10.00 Å². The lowest BCUT2D eigenvalue weighted by Gasteiger charge is -2.11. The predicted octanol–water partition coefficient (Wildman–Crippen LogP) is 1.51. The van der Waals surface area contributed by atoms with Crippen molar-refractivity contribution >= 4 is 5.69 Å². The van der Waals surface area contributed by atoms with Crippen LogP contribution in [-0.2, 0) is 4.74 Å². The number of nitrogens with one attached hydrogen (secondary N) is 1. The third-order valence-electron chi connectivity index (χ3n) is 2.26. The van der Waals surface area contributed by atoms with Crippen LogP contribution in [0.25, 0.3) is 0 Å². The fraction of sp³-hybridized carbons (Fsp3) is 0.417. The summed E-state index contributed by atoms with van der Waals surface area (Å²) >= 11 is 0. The maximum Gasteiger partial charge on any atom is 0.143 e. The largest absolute Gasteiger partial charge is 0.391 e. The van der Waals surface area contributed by atoms with Gasteiger partial charge in [0.1, 0.15) is 11.9 Å². The Labute approximate surface area is 99.6 Å². The van der Waals surface area contributed by atoms with Crippen LogP contribution in [0.2, 0.25) is 0 Å². The number of aliphatic hydroxyl groups excluding tert-OH is 1. The maximum atomic E-state index is 13.2. The van der Waals surface area contributed by atoms with Crippen LogP contribution in [0.3, 0.4) is 0 Å². The van der Waals surface area contributed by atoms with Gasteiger partial charge in [0.15, 0.2) is 0 Å². The molecular formula is C12H15FN2O2. The van der Waals surface area contributed by atoms with Gasteiger partial charge in [-0.1, -0.05) is 0 Å². The molecule has 1 aromatic rings. The molecule has 1 unspecified atom stereocenters. The first-order valence-corrected chi connectivity index (χ1v) is 5.28. The monoisotopic (exact) mass is 238 g/mol. The first-order valence-electron chi connectivity index (χ1n) is 5.28. The van der Waals surface area contributed by atoms with Gasteiger partial charge in [-0.25, -0.2) is 4.39 Å². The molecule has 0 fully saturated rings. The lowest BCUT2D eigenvalue weighted by Crippen LogP contribution is -2.18. The molecule has 0 heterocycles. The van der Waals surface area contributed by atoms with Gasteiger partial charge in [0.2, 0.25) is 0 Å². The lowest BCUT2D eigenvalue weighted by atomic mass is 10.2. The zero-order valence-corrected chi connectivity index (χ0v) is 9.61. The molecule has 17 heavy (non-hydrogen) atoms. The highest BCUT2D eigenvalue weighted by Crippen LogP contribution is 2.13. The van der Waals surface area contributed by atoms with E-state index in [1.807, 2.05) is 0 Å². The van der Waals surface area contributed by atoms with Gasteiger partial charge >= 0.3 is 0 Å². The van der Waals surface area contributed by atoms with E-state index in [1.165, 1.54) is 19.2 Å². The second-order valence-corrected chi connectivity index (χ2v) is 3.63. The molecule has 0 saturated carbocycles. The summed E-state index contributed by atoms with van der Waals surface area (Å²) in [6.07, 6.45) is -0.0223. The van der Waals surface area contributed by atoms with Crippen molar-refractivity contribution in [3.05, 3.63) is 29.6 Å². The number of rotatable bonds is 6. The van der Waals surface area contributed by atoms with E-state index in [0.29, 0.717) is 18.7 Å². The molecule has 0 aliphatic carbocycles. The number of nitriles is 1. The molecule has 0 spiro atoms. The van der Waals surface area contributed by atoms with Gasteiger partial charge in [0, 0.05) is 19.3 Å². The molecule has 92 valence electrons. The molecule has 0 bridgehead atoms. The van der Waals surface area contributed by atoms with Gasteiger partial charge in [-0.3, -0.25) is 0 Å². The molecule has 0 radical (unpaired) electrons. The SMILES string of the molecule is COCC(O)CCNc1ccc(C#N)c(F)c1. The quantitative estimate of drug-likeness (QED) is 0.788. The summed E-state index contributed by atoms with van der Waals surface area (Å²) < 4.78 is 18.0. The summed E-state index contributed by atoms with van der Waals surface area (Å²) in [4.78, 5) is 0. The minimum atomic E-state index is -0.546. The van der Waals surface area contributed by atoms with Crippen LogP contribution >= 0.6 is 0 Å². The van der Waals surface area contributed by atoms with Crippen molar-refractivity contribution < 1.29 is 14.2 Å². The Hall–Kier alpha value is -1.64. The second kappa shape index (κ2) is 6.84. The van der Waals surface area contributed by atoms with E-state index in [0.717, 1.165) is 0 Å². The van der Waals surface area contributed by atoms with Crippen LogP contribution in [0.4, 0.5) is 10.1 Å². The van der Waals surface area contributed by atoms with Crippen LogP contribution in [0.1, 0.15) is 12.0 Å². The number of nitrogens with zero attached hydrogens (tertiary/aromatic N) is 1. The van der Waals surface area contributed by atoms with Crippen LogP contribution < -0.4 is 5.32 Å². The minimum absolute atomic E-state index is 0.0231. The number of hydrogen-bond donors (Lipinski definition) is 2. The van der Waals surface area contributed by atoms with Crippen molar-refractivity contribution in [3.63, 3.8) is 0 Å². The molecule has 1 aromatic carbocycles. The maximum absolute atomic E-state index is 13.2. The van der Waals surface area contributed by atoms with E-state index in [9.17, 15) is 9.50 Å². The number of ether oxygens (including phenoxy) is 1. The van der Waals surface area contributed by atoms with Crippen molar-refractivity contribution in [1.29, 1.82) is 5.26 Å². The van der Waals surface area contributed by atoms with Gasteiger partial charge < -0.3 is 15.2 Å².